The molecule has 1 amide bonds. The van der Waals surface area contributed by atoms with E-state index in [1.165, 1.54) is 18.3 Å². The fourth-order valence-electron chi connectivity index (χ4n) is 2.83. The first kappa shape index (κ1) is 18.4. The zero-order chi connectivity index (χ0) is 19.9. The monoisotopic (exact) mass is 400 g/mol. The average Bonchev–Trinajstić information content (AvgIpc) is 3.34. The third kappa shape index (κ3) is 3.69. The molecule has 2 aromatic heterocycles. The van der Waals surface area contributed by atoms with Crippen LogP contribution in [-0.2, 0) is 10.0 Å². The lowest BCUT2D eigenvalue weighted by molar-refractivity contribution is 0.0964. The summed E-state index contributed by atoms with van der Waals surface area (Å²) in [5.41, 5.74) is 8.41. The molecule has 1 aromatic carbocycles. The largest absolute Gasteiger partial charge is 0.298 e. The number of benzene rings is 1. The minimum absolute atomic E-state index is 0.0498. The van der Waals surface area contributed by atoms with Gasteiger partial charge in [-0.15, -0.1) is 0 Å². The van der Waals surface area contributed by atoms with Gasteiger partial charge in [-0.2, -0.15) is 5.10 Å². The van der Waals surface area contributed by atoms with E-state index in [0.717, 1.165) is 24.2 Å². The van der Waals surface area contributed by atoms with Gasteiger partial charge in [0.15, 0.2) is 5.65 Å². The molecule has 1 saturated carbocycles. The number of anilines is 1. The first-order valence-electron chi connectivity index (χ1n) is 8.84. The minimum atomic E-state index is -3.50. The van der Waals surface area contributed by atoms with Crippen LogP contribution in [0.5, 0.6) is 0 Å². The van der Waals surface area contributed by atoms with Crippen molar-refractivity contribution in [2.24, 2.45) is 0 Å². The molecular weight excluding hydrogens is 380 g/mol. The van der Waals surface area contributed by atoms with E-state index in [0.29, 0.717) is 16.9 Å². The number of carbonyl (C=O) groups is 1. The molecule has 0 bridgehead atoms. The quantitative estimate of drug-likeness (QED) is 0.541. The molecule has 0 unspecified atom stereocenters. The van der Waals surface area contributed by atoms with Crippen molar-refractivity contribution in [3.63, 3.8) is 0 Å². The smallest absolute Gasteiger partial charge is 0.275 e. The number of sulfonamides is 1. The summed E-state index contributed by atoms with van der Waals surface area (Å²) >= 11 is 0. The molecule has 3 aromatic rings. The molecule has 1 aliphatic carbocycles. The summed E-state index contributed by atoms with van der Waals surface area (Å²) in [6.45, 7) is 3.75. The Morgan fingerprint density at radius 1 is 1.18 bits per heavy atom. The van der Waals surface area contributed by atoms with E-state index in [4.69, 9.17) is 0 Å². The molecule has 4 rings (SSSR count). The van der Waals surface area contributed by atoms with Crippen LogP contribution in [0.4, 0.5) is 5.69 Å². The molecule has 3 N–H and O–H groups in total. The van der Waals surface area contributed by atoms with Gasteiger partial charge in [0.1, 0.15) is 5.56 Å². The van der Waals surface area contributed by atoms with Crippen molar-refractivity contribution in [3.05, 3.63) is 53.5 Å². The van der Waals surface area contributed by atoms with Crippen molar-refractivity contribution in [1.29, 1.82) is 0 Å². The number of aryl methyl sites for hydroxylation is 2. The maximum absolute atomic E-state index is 12.5. The van der Waals surface area contributed by atoms with Gasteiger partial charge in [0, 0.05) is 17.4 Å². The van der Waals surface area contributed by atoms with Crippen molar-refractivity contribution in [2.45, 2.75) is 37.6 Å². The number of amides is 1. The summed E-state index contributed by atoms with van der Waals surface area (Å²) in [4.78, 5) is 17.1. The van der Waals surface area contributed by atoms with Crippen LogP contribution in [0.2, 0.25) is 0 Å². The van der Waals surface area contributed by atoms with Crippen LogP contribution < -0.4 is 15.6 Å². The highest BCUT2D eigenvalue weighted by molar-refractivity contribution is 7.89. The van der Waals surface area contributed by atoms with E-state index in [1.54, 1.807) is 16.6 Å². The number of rotatable bonds is 6. The van der Waals surface area contributed by atoms with Gasteiger partial charge in [-0.3, -0.25) is 15.6 Å². The van der Waals surface area contributed by atoms with Crippen LogP contribution in [0.25, 0.3) is 5.65 Å². The summed E-state index contributed by atoms with van der Waals surface area (Å²) < 4.78 is 28.6. The standard InChI is InChI=1S/C18H20N6O3S/c1-11-9-12(2)24-17(20-11)16(10-19-24)18(25)22-21-13-5-7-15(8-6-13)28(26,27)23-14-3-4-14/h5-10,14,21,23H,3-4H2,1-2H3,(H,22,25). The van der Waals surface area contributed by atoms with Gasteiger partial charge in [0.05, 0.1) is 16.8 Å². The maximum atomic E-state index is 12.5. The molecule has 28 heavy (non-hydrogen) atoms. The fraction of sp³-hybridized carbons (Fsp3) is 0.278. The van der Waals surface area contributed by atoms with Crippen molar-refractivity contribution in [3.8, 4) is 0 Å². The van der Waals surface area contributed by atoms with Gasteiger partial charge in [0.2, 0.25) is 10.0 Å². The molecule has 9 nitrogen and oxygen atoms in total. The third-order valence-electron chi connectivity index (χ3n) is 4.41. The van der Waals surface area contributed by atoms with Gasteiger partial charge < -0.3 is 0 Å². The van der Waals surface area contributed by atoms with Crippen LogP contribution in [0.1, 0.15) is 34.6 Å². The lowest BCUT2D eigenvalue weighted by Crippen LogP contribution is -2.29. The summed E-state index contributed by atoms with van der Waals surface area (Å²) in [5, 5.41) is 4.19. The molecule has 10 heteroatoms. The highest BCUT2D eigenvalue weighted by atomic mass is 32.2. The number of nitrogens with zero attached hydrogens (tertiary/aromatic N) is 3. The molecule has 0 atom stereocenters. The fourth-order valence-corrected chi connectivity index (χ4v) is 4.14. The van der Waals surface area contributed by atoms with Gasteiger partial charge in [0.25, 0.3) is 5.91 Å². The van der Waals surface area contributed by atoms with E-state index in [9.17, 15) is 13.2 Å². The predicted molar refractivity (Wildman–Crippen MR) is 103 cm³/mol. The Morgan fingerprint density at radius 3 is 2.57 bits per heavy atom. The van der Waals surface area contributed by atoms with Crippen molar-refractivity contribution in [2.75, 3.05) is 5.43 Å². The molecule has 0 saturated heterocycles. The van der Waals surface area contributed by atoms with Gasteiger partial charge >= 0.3 is 0 Å². The molecule has 0 radical (unpaired) electrons. The zero-order valence-electron chi connectivity index (χ0n) is 15.4. The molecule has 0 aliphatic heterocycles. The lowest BCUT2D eigenvalue weighted by atomic mass is 10.3. The van der Waals surface area contributed by atoms with Crippen LogP contribution in [0.15, 0.2) is 41.4 Å². The second-order valence-corrected chi connectivity index (χ2v) is 8.55. The van der Waals surface area contributed by atoms with Gasteiger partial charge in [-0.25, -0.2) is 22.6 Å². The van der Waals surface area contributed by atoms with E-state index in [-0.39, 0.29) is 16.8 Å². The summed E-state index contributed by atoms with van der Waals surface area (Å²) in [5.74, 6) is -0.389. The van der Waals surface area contributed by atoms with Gasteiger partial charge in [-0.1, -0.05) is 0 Å². The second-order valence-electron chi connectivity index (χ2n) is 6.83. The Hall–Kier alpha value is -2.98. The number of aromatic nitrogens is 3. The number of fused-ring (bicyclic) bond motifs is 1. The van der Waals surface area contributed by atoms with E-state index >= 15 is 0 Å². The maximum Gasteiger partial charge on any atom is 0.275 e. The summed E-state index contributed by atoms with van der Waals surface area (Å²) in [6.07, 6.45) is 3.22. The van der Waals surface area contributed by atoms with E-state index in [2.05, 4.69) is 25.7 Å². The van der Waals surface area contributed by atoms with Crippen molar-refractivity contribution >= 4 is 27.3 Å². The summed E-state index contributed by atoms with van der Waals surface area (Å²) in [6, 6.07) is 8.09. The van der Waals surface area contributed by atoms with Crippen molar-refractivity contribution in [1.82, 2.24) is 24.7 Å². The number of carbonyl (C=O) groups excluding carboxylic acids is 1. The third-order valence-corrected chi connectivity index (χ3v) is 5.94. The van der Waals surface area contributed by atoms with E-state index < -0.39 is 10.0 Å². The first-order valence-corrected chi connectivity index (χ1v) is 10.3. The molecule has 2 heterocycles. The van der Waals surface area contributed by atoms with Gasteiger partial charge in [-0.05, 0) is 57.0 Å². The normalized spacial score (nSPS) is 14.2. The van der Waals surface area contributed by atoms with Crippen LogP contribution in [0, 0.1) is 13.8 Å². The Labute approximate surface area is 162 Å². The molecule has 1 fully saturated rings. The van der Waals surface area contributed by atoms with E-state index in [1.807, 2.05) is 19.9 Å². The van der Waals surface area contributed by atoms with Crippen LogP contribution in [0.3, 0.4) is 0 Å². The highest BCUT2D eigenvalue weighted by Crippen LogP contribution is 2.22. The molecular formula is C18H20N6O3S. The summed E-state index contributed by atoms with van der Waals surface area (Å²) in [7, 11) is -3.50. The number of hydrogen-bond acceptors (Lipinski definition) is 6. The van der Waals surface area contributed by atoms with Crippen molar-refractivity contribution < 1.29 is 13.2 Å². The Morgan fingerprint density at radius 2 is 1.89 bits per heavy atom. The Balaban J connectivity index is 1.45. The Kier molecular flexibility index (Phi) is 4.52. The van der Waals surface area contributed by atoms with Crippen LogP contribution in [-0.4, -0.2) is 35.0 Å². The SMILES string of the molecule is Cc1cc(C)n2ncc(C(=O)NNc3ccc(S(=O)(=O)NC4CC4)cc3)c2n1. The number of nitrogens with one attached hydrogen (secondary N) is 3. The second kappa shape index (κ2) is 6.88. The number of hydrogen-bond donors (Lipinski definition) is 3. The van der Waals surface area contributed by atoms with Crippen LogP contribution >= 0.6 is 0 Å². The lowest BCUT2D eigenvalue weighted by Gasteiger charge is -2.10. The molecule has 146 valence electrons. The topological polar surface area (TPSA) is 117 Å². The predicted octanol–water partition coefficient (Wildman–Crippen LogP) is 1.54. The average molecular weight is 400 g/mol. The minimum Gasteiger partial charge on any atom is -0.298 e. The Bertz CT molecular complexity index is 1150. The highest BCUT2D eigenvalue weighted by Gasteiger charge is 2.27. The zero-order valence-corrected chi connectivity index (χ0v) is 16.2. The number of hydrazine groups is 1. The molecule has 0 spiro atoms. The first-order chi connectivity index (χ1) is 13.3. The molecule has 1 aliphatic rings.